The van der Waals surface area contributed by atoms with Crippen molar-refractivity contribution >= 4 is 33.3 Å². The number of para-hydroxylation sites is 1. The van der Waals surface area contributed by atoms with Crippen molar-refractivity contribution in [3.8, 4) is 0 Å². The van der Waals surface area contributed by atoms with Gasteiger partial charge in [-0.1, -0.05) is 18.2 Å². The van der Waals surface area contributed by atoms with Gasteiger partial charge in [0.15, 0.2) is 4.34 Å². The third kappa shape index (κ3) is 3.10. The van der Waals surface area contributed by atoms with Gasteiger partial charge in [0, 0.05) is 18.8 Å². The lowest BCUT2D eigenvalue weighted by Gasteiger charge is -2.07. The molecule has 106 valence electrons. The average Bonchev–Trinajstić information content (AvgIpc) is 3.25. The Morgan fingerprint density at radius 1 is 1.19 bits per heavy atom. The first-order valence-corrected chi connectivity index (χ1v) is 8.72. The van der Waals surface area contributed by atoms with Gasteiger partial charge in [0.1, 0.15) is 5.03 Å². The van der Waals surface area contributed by atoms with E-state index in [1.54, 1.807) is 23.1 Å². The lowest BCUT2D eigenvalue weighted by molar-refractivity contribution is 0.675. The second-order valence-electron chi connectivity index (χ2n) is 5.17. The quantitative estimate of drug-likeness (QED) is 0.770. The number of benzene rings is 1. The minimum absolute atomic E-state index is 0.713. The number of thiazole rings is 1. The van der Waals surface area contributed by atoms with Crippen molar-refractivity contribution in [2.75, 3.05) is 0 Å². The van der Waals surface area contributed by atoms with Gasteiger partial charge >= 0.3 is 0 Å². The molecule has 3 aromatic rings. The monoisotopic (exact) mass is 313 g/mol. The molecule has 0 amide bonds. The van der Waals surface area contributed by atoms with E-state index in [1.807, 2.05) is 18.3 Å². The van der Waals surface area contributed by atoms with Crippen LogP contribution in [-0.2, 0) is 6.54 Å². The molecule has 0 radical (unpaired) electrons. The van der Waals surface area contributed by atoms with E-state index < -0.39 is 0 Å². The molecule has 1 N–H and O–H groups in total. The van der Waals surface area contributed by atoms with Gasteiger partial charge < -0.3 is 5.32 Å². The van der Waals surface area contributed by atoms with Gasteiger partial charge in [-0.3, -0.25) is 0 Å². The summed E-state index contributed by atoms with van der Waals surface area (Å²) in [6, 6.07) is 13.1. The fourth-order valence-corrected chi connectivity index (χ4v) is 4.23. The highest BCUT2D eigenvalue weighted by molar-refractivity contribution is 8.01. The first-order chi connectivity index (χ1) is 10.4. The van der Waals surface area contributed by atoms with Crippen molar-refractivity contribution in [3.63, 3.8) is 0 Å². The zero-order valence-electron chi connectivity index (χ0n) is 11.5. The summed E-state index contributed by atoms with van der Waals surface area (Å²) in [5.74, 6) is 0. The number of rotatable bonds is 5. The van der Waals surface area contributed by atoms with Crippen LogP contribution in [0.5, 0.6) is 0 Å². The third-order valence-electron chi connectivity index (χ3n) is 3.47. The Hall–Kier alpha value is -1.43. The molecule has 21 heavy (non-hydrogen) atoms. The maximum Gasteiger partial charge on any atom is 0.157 e. The molecule has 1 aliphatic carbocycles. The van der Waals surface area contributed by atoms with Crippen LogP contribution in [-0.4, -0.2) is 16.0 Å². The number of pyridine rings is 1. The Labute approximate surface area is 131 Å². The van der Waals surface area contributed by atoms with Crippen molar-refractivity contribution in [3.05, 3.63) is 48.2 Å². The molecule has 0 spiro atoms. The fourth-order valence-electron chi connectivity index (χ4n) is 2.17. The van der Waals surface area contributed by atoms with Crippen LogP contribution < -0.4 is 5.32 Å². The van der Waals surface area contributed by atoms with Gasteiger partial charge in [-0.05, 0) is 48.4 Å². The molecule has 2 aromatic heterocycles. The van der Waals surface area contributed by atoms with Gasteiger partial charge in [0.25, 0.3) is 0 Å². The summed E-state index contributed by atoms with van der Waals surface area (Å²) < 4.78 is 2.29. The highest BCUT2D eigenvalue weighted by Gasteiger charge is 2.20. The predicted molar refractivity (Wildman–Crippen MR) is 87.8 cm³/mol. The fraction of sp³-hybridized carbons (Fsp3) is 0.250. The molecule has 3 nitrogen and oxygen atoms in total. The first-order valence-electron chi connectivity index (χ1n) is 7.09. The molecule has 5 heteroatoms. The summed E-state index contributed by atoms with van der Waals surface area (Å²) in [5.41, 5.74) is 2.33. The second-order valence-corrected chi connectivity index (χ2v) is 7.44. The van der Waals surface area contributed by atoms with Crippen LogP contribution >= 0.6 is 23.1 Å². The van der Waals surface area contributed by atoms with Gasteiger partial charge in [-0.15, -0.1) is 11.3 Å². The van der Waals surface area contributed by atoms with Crippen LogP contribution in [0.25, 0.3) is 10.2 Å². The molecule has 1 saturated carbocycles. The molecule has 0 atom stereocenters. The minimum Gasteiger partial charge on any atom is -0.310 e. The van der Waals surface area contributed by atoms with Crippen molar-refractivity contribution in [1.82, 2.24) is 15.3 Å². The Balaban J connectivity index is 1.57. The highest BCUT2D eigenvalue weighted by atomic mass is 32.2. The van der Waals surface area contributed by atoms with E-state index in [9.17, 15) is 0 Å². The summed E-state index contributed by atoms with van der Waals surface area (Å²) in [4.78, 5) is 9.21. The zero-order valence-corrected chi connectivity index (χ0v) is 13.1. The van der Waals surface area contributed by atoms with E-state index >= 15 is 0 Å². The molecule has 0 bridgehead atoms. The van der Waals surface area contributed by atoms with Crippen LogP contribution in [0.15, 0.2) is 52.0 Å². The molecule has 0 saturated heterocycles. The van der Waals surface area contributed by atoms with E-state index in [0.29, 0.717) is 6.04 Å². The van der Waals surface area contributed by atoms with Gasteiger partial charge in [-0.25, -0.2) is 9.97 Å². The maximum atomic E-state index is 4.68. The molecule has 1 fully saturated rings. The normalized spacial score (nSPS) is 14.7. The number of aromatic nitrogens is 2. The van der Waals surface area contributed by atoms with E-state index in [-0.39, 0.29) is 0 Å². The zero-order chi connectivity index (χ0) is 14.1. The second kappa shape index (κ2) is 5.75. The Morgan fingerprint density at radius 2 is 2.10 bits per heavy atom. The lowest BCUT2D eigenvalue weighted by atomic mass is 10.3. The summed E-state index contributed by atoms with van der Waals surface area (Å²) in [7, 11) is 0. The van der Waals surface area contributed by atoms with Crippen LogP contribution in [0, 0.1) is 0 Å². The number of nitrogens with one attached hydrogen (secondary N) is 1. The summed E-state index contributed by atoms with van der Waals surface area (Å²) >= 11 is 3.40. The molecule has 1 aliphatic rings. The average molecular weight is 313 g/mol. The molecular formula is C16H15N3S2. The van der Waals surface area contributed by atoms with Gasteiger partial charge in [-0.2, -0.15) is 0 Å². The Kier molecular flexibility index (Phi) is 3.63. The van der Waals surface area contributed by atoms with Crippen molar-refractivity contribution in [2.45, 2.75) is 34.8 Å². The lowest BCUT2D eigenvalue weighted by Crippen LogP contribution is -2.16. The highest BCUT2D eigenvalue weighted by Crippen LogP contribution is 2.34. The van der Waals surface area contributed by atoms with Crippen molar-refractivity contribution in [1.29, 1.82) is 0 Å². The summed E-state index contributed by atoms with van der Waals surface area (Å²) in [6.07, 6.45) is 4.47. The van der Waals surface area contributed by atoms with Crippen LogP contribution in [0.3, 0.4) is 0 Å². The van der Waals surface area contributed by atoms with Crippen LogP contribution in [0.1, 0.15) is 18.4 Å². The van der Waals surface area contributed by atoms with Crippen molar-refractivity contribution < 1.29 is 0 Å². The summed E-state index contributed by atoms with van der Waals surface area (Å²) in [5, 5.41) is 4.62. The van der Waals surface area contributed by atoms with Crippen LogP contribution in [0.2, 0.25) is 0 Å². The SMILES string of the molecule is c1cnc(Sc2nc3ccccc3s2)c(CNC2CC2)c1. The third-order valence-corrected chi connectivity index (χ3v) is 5.62. The number of hydrogen-bond acceptors (Lipinski definition) is 5. The molecule has 1 aromatic carbocycles. The maximum absolute atomic E-state index is 4.68. The minimum atomic E-state index is 0.713. The standard InChI is InChI=1S/C16H15N3S2/c1-2-6-14-13(5-1)19-16(20-14)21-15-11(4-3-9-17-15)10-18-12-7-8-12/h1-6,9,12,18H,7-8,10H2. The number of hydrogen-bond donors (Lipinski definition) is 1. The Bertz CT molecular complexity index is 732. The largest absolute Gasteiger partial charge is 0.310 e. The van der Waals surface area contributed by atoms with E-state index in [1.165, 1.54) is 23.1 Å². The smallest absolute Gasteiger partial charge is 0.157 e. The van der Waals surface area contributed by atoms with Crippen molar-refractivity contribution in [2.24, 2.45) is 0 Å². The van der Waals surface area contributed by atoms with Crippen LogP contribution in [0.4, 0.5) is 0 Å². The molecular weight excluding hydrogens is 298 g/mol. The predicted octanol–water partition coefficient (Wildman–Crippen LogP) is 4.09. The van der Waals surface area contributed by atoms with E-state index in [0.717, 1.165) is 21.4 Å². The molecule has 0 aliphatic heterocycles. The van der Waals surface area contributed by atoms with Gasteiger partial charge in [0.2, 0.25) is 0 Å². The van der Waals surface area contributed by atoms with Gasteiger partial charge in [0.05, 0.1) is 10.2 Å². The van der Waals surface area contributed by atoms with E-state index in [4.69, 9.17) is 0 Å². The Morgan fingerprint density at radius 3 is 2.95 bits per heavy atom. The molecule has 0 unspecified atom stereocenters. The van der Waals surface area contributed by atoms with E-state index in [2.05, 4.69) is 39.6 Å². The number of nitrogens with zero attached hydrogens (tertiary/aromatic N) is 2. The summed E-state index contributed by atoms with van der Waals surface area (Å²) in [6.45, 7) is 0.895. The number of fused-ring (bicyclic) bond motifs is 1. The molecule has 2 heterocycles. The molecule has 4 rings (SSSR count). The first kappa shape index (κ1) is 13.2. The topological polar surface area (TPSA) is 37.8 Å².